The van der Waals surface area contributed by atoms with E-state index in [1.807, 2.05) is 35.3 Å². The molecule has 0 saturated carbocycles. The van der Waals surface area contributed by atoms with E-state index in [-0.39, 0.29) is 0 Å². The third-order valence-corrected chi connectivity index (χ3v) is 8.83. The third kappa shape index (κ3) is 3.16. The highest BCUT2D eigenvalue weighted by atomic mass is 32.2. The van der Waals surface area contributed by atoms with E-state index in [1.54, 1.807) is 0 Å². The maximum absolute atomic E-state index is 3.56. The standard InChI is InChI=1S/C25H17NS3/c1-15-6-10-21-24(12-15)28-22-11-8-17(14-25(22)29-21)16-7-9-19-23(13-16)27-20-5-3-2-4-18(20)26-19/h2-14,26H,1H3. The van der Waals surface area contributed by atoms with Crippen molar-refractivity contribution in [1.29, 1.82) is 0 Å². The number of aryl methyl sites for hydroxylation is 1. The van der Waals surface area contributed by atoms with E-state index < -0.39 is 0 Å². The molecule has 29 heavy (non-hydrogen) atoms. The van der Waals surface area contributed by atoms with E-state index in [0.29, 0.717) is 0 Å². The van der Waals surface area contributed by atoms with E-state index in [1.165, 1.54) is 57.4 Å². The van der Waals surface area contributed by atoms with E-state index in [4.69, 9.17) is 0 Å². The predicted octanol–water partition coefficient (Wildman–Crippen LogP) is 8.49. The average molecular weight is 428 g/mol. The molecule has 4 aromatic carbocycles. The summed E-state index contributed by atoms with van der Waals surface area (Å²) in [7, 11) is 0. The van der Waals surface area contributed by atoms with Crippen molar-refractivity contribution in [2.24, 2.45) is 0 Å². The van der Waals surface area contributed by atoms with Gasteiger partial charge in [-0.25, -0.2) is 0 Å². The molecular weight excluding hydrogens is 410 g/mol. The maximum Gasteiger partial charge on any atom is 0.0526 e. The number of para-hydroxylation sites is 1. The van der Waals surface area contributed by atoms with Gasteiger partial charge in [0.15, 0.2) is 0 Å². The molecule has 0 spiro atoms. The highest BCUT2D eigenvalue weighted by Gasteiger charge is 2.19. The third-order valence-electron chi connectivity index (χ3n) is 5.17. The van der Waals surface area contributed by atoms with Crippen molar-refractivity contribution in [2.75, 3.05) is 5.32 Å². The van der Waals surface area contributed by atoms with Crippen LogP contribution >= 0.6 is 35.3 Å². The van der Waals surface area contributed by atoms with Crippen molar-refractivity contribution in [2.45, 2.75) is 36.3 Å². The van der Waals surface area contributed by atoms with Gasteiger partial charge >= 0.3 is 0 Å². The van der Waals surface area contributed by atoms with Crippen molar-refractivity contribution in [1.82, 2.24) is 0 Å². The molecule has 0 bridgehead atoms. The Bertz CT molecular complexity index is 1280. The van der Waals surface area contributed by atoms with E-state index in [2.05, 4.69) is 91.1 Å². The molecule has 6 rings (SSSR count). The zero-order valence-electron chi connectivity index (χ0n) is 15.7. The second-order valence-corrected chi connectivity index (χ2v) is 10.5. The zero-order valence-corrected chi connectivity index (χ0v) is 18.2. The van der Waals surface area contributed by atoms with Crippen molar-refractivity contribution in [3.8, 4) is 11.1 Å². The molecule has 2 heterocycles. The molecule has 4 aromatic rings. The van der Waals surface area contributed by atoms with Gasteiger partial charge in [0.1, 0.15) is 0 Å². The van der Waals surface area contributed by atoms with Gasteiger partial charge < -0.3 is 5.32 Å². The lowest BCUT2D eigenvalue weighted by molar-refractivity contribution is 1.14. The van der Waals surface area contributed by atoms with Gasteiger partial charge in [-0.3, -0.25) is 0 Å². The first-order valence-electron chi connectivity index (χ1n) is 9.52. The first-order valence-corrected chi connectivity index (χ1v) is 12.0. The summed E-state index contributed by atoms with van der Waals surface area (Å²) in [5.41, 5.74) is 6.23. The summed E-state index contributed by atoms with van der Waals surface area (Å²) in [6.45, 7) is 2.16. The van der Waals surface area contributed by atoms with Gasteiger partial charge in [0.2, 0.25) is 0 Å². The Hall–Kier alpha value is -2.27. The second-order valence-electron chi connectivity index (χ2n) is 7.25. The highest BCUT2D eigenvalue weighted by molar-refractivity contribution is 8.05. The first kappa shape index (κ1) is 17.6. The fraction of sp³-hybridized carbons (Fsp3) is 0.0400. The van der Waals surface area contributed by atoms with Crippen LogP contribution in [0.3, 0.4) is 0 Å². The molecule has 0 unspecified atom stereocenters. The molecule has 1 N–H and O–H groups in total. The monoisotopic (exact) mass is 427 g/mol. The van der Waals surface area contributed by atoms with E-state index in [0.717, 1.165) is 0 Å². The molecule has 0 aliphatic carbocycles. The normalized spacial score (nSPS) is 13.6. The molecule has 0 fully saturated rings. The van der Waals surface area contributed by atoms with Gasteiger partial charge in [0.25, 0.3) is 0 Å². The number of benzene rings is 4. The summed E-state index contributed by atoms with van der Waals surface area (Å²) < 4.78 is 0. The Balaban J connectivity index is 1.35. The summed E-state index contributed by atoms with van der Waals surface area (Å²) in [6, 6.07) is 28.8. The van der Waals surface area contributed by atoms with Gasteiger partial charge in [0.05, 0.1) is 11.4 Å². The molecule has 2 aliphatic heterocycles. The maximum atomic E-state index is 3.56. The van der Waals surface area contributed by atoms with E-state index in [9.17, 15) is 0 Å². The van der Waals surface area contributed by atoms with Crippen LogP contribution in [0.5, 0.6) is 0 Å². The van der Waals surface area contributed by atoms with E-state index >= 15 is 0 Å². The smallest absolute Gasteiger partial charge is 0.0526 e. The Kier molecular flexibility index (Phi) is 4.19. The van der Waals surface area contributed by atoms with Crippen LogP contribution in [-0.4, -0.2) is 0 Å². The molecule has 140 valence electrons. The van der Waals surface area contributed by atoms with Crippen LogP contribution < -0.4 is 5.32 Å². The molecule has 2 aliphatic rings. The number of nitrogens with one attached hydrogen (secondary N) is 1. The minimum Gasteiger partial charge on any atom is -0.354 e. The minimum absolute atomic E-state index is 1.18. The molecule has 0 atom stereocenters. The Morgan fingerprint density at radius 2 is 1.14 bits per heavy atom. The lowest BCUT2D eigenvalue weighted by atomic mass is 10.1. The van der Waals surface area contributed by atoms with Crippen LogP contribution in [0.2, 0.25) is 0 Å². The van der Waals surface area contributed by atoms with Crippen LogP contribution in [-0.2, 0) is 0 Å². The molecule has 0 amide bonds. The number of hydrogen-bond donors (Lipinski definition) is 1. The zero-order chi connectivity index (χ0) is 19.4. The Labute approximate surface area is 183 Å². The minimum atomic E-state index is 1.18. The van der Waals surface area contributed by atoms with Crippen LogP contribution in [0.4, 0.5) is 11.4 Å². The summed E-state index contributed by atoms with van der Waals surface area (Å²) in [6.07, 6.45) is 0. The Morgan fingerprint density at radius 1 is 0.517 bits per heavy atom. The second kappa shape index (κ2) is 6.91. The summed E-state index contributed by atoms with van der Waals surface area (Å²) >= 11 is 5.60. The lowest BCUT2D eigenvalue weighted by Crippen LogP contribution is -1.99. The summed E-state index contributed by atoms with van der Waals surface area (Å²) in [5.74, 6) is 0. The van der Waals surface area contributed by atoms with Crippen LogP contribution in [0.15, 0.2) is 108 Å². The molecular formula is C25H17NS3. The topological polar surface area (TPSA) is 12.0 Å². The molecule has 0 radical (unpaired) electrons. The van der Waals surface area contributed by atoms with Crippen molar-refractivity contribution in [3.63, 3.8) is 0 Å². The van der Waals surface area contributed by atoms with Crippen LogP contribution in [0, 0.1) is 6.92 Å². The fourth-order valence-electron chi connectivity index (χ4n) is 3.68. The quantitative estimate of drug-likeness (QED) is 0.282. The molecule has 4 heteroatoms. The molecule has 0 aromatic heterocycles. The summed E-state index contributed by atoms with van der Waals surface area (Å²) in [5, 5.41) is 3.56. The lowest BCUT2D eigenvalue weighted by Gasteiger charge is -2.22. The van der Waals surface area contributed by atoms with Gasteiger partial charge in [-0.05, 0) is 72.1 Å². The SMILES string of the molecule is Cc1ccc2c(c1)Sc1ccc(-c3ccc4c(c3)Sc3ccccc3N4)cc1S2. The van der Waals surface area contributed by atoms with Crippen molar-refractivity contribution < 1.29 is 0 Å². The predicted molar refractivity (Wildman–Crippen MR) is 125 cm³/mol. The number of rotatable bonds is 1. The number of hydrogen-bond acceptors (Lipinski definition) is 4. The largest absolute Gasteiger partial charge is 0.354 e. The average Bonchev–Trinajstić information content (AvgIpc) is 2.75. The van der Waals surface area contributed by atoms with Gasteiger partial charge in [-0.2, -0.15) is 0 Å². The number of fused-ring (bicyclic) bond motifs is 4. The summed E-state index contributed by atoms with van der Waals surface area (Å²) in [4.78, 5) is 7.97. The fourth-order valence-corrected chi connectivity index (χ4v) is 7.04. The highest BCUT2D eigenvalue weighted by Crippen LogP contribution is 2.50. The first-order chi connectivity index (χ1) is 14.2. The molecule has 1 nitrogen and oxygen atoms in total. The van der Waals surface area contributed by atoms with Gasteiger partial charge in [-0.15, -0.1) is 0 Å². The number of anilines is 2. The van der Waals surface area contributed by atoms with Crippen LogP contribution in [0.25, 0.3) is 11.1 Å². The van der Waals surface area contributed by atoms with Gasteiger partial charge in [0, 0.05) is 29.4 Å². The van der Waals surface area contributed by atoms with Crippen molar-refractivity contribution in [3.05, 3.63) is 84.4 Å². The Morgan fingerprint density at radius 3 is 2.00 bits per heavy atom. The van der Waals surface area contributed by atoms with Crippen LogP contribution in [0.1, 0.15) is 5.56 Å². The molecule has 0 saturated heterocycles. The van der Waals surface area contributed by atoms with Gasteiger partial charge in [-0.1, -0.05) is 65.6 Å². The van der Waals surface area contributed by atoms with Crippen molar-refractivity contribution >= 4 is 46.7 Å².